The first-order valence-corrected chi connectivity index (χ1v) is 6.57. The van der Waals surface area contributed by atoms with Gasteiger partial charge in [0, 0.05) is 0 Å². The van der Waals surface area contributed by atoms with Crippen LogP contribution in [0.2, 0.25) is 0 Å². The normalized spacial score (nSPS) is 18.3. The average Bonchev–Trinajstić information content (AvgIpc) is 2.81. The molecule has 1 aromatic rings. The summed E-state index contributed by atoms with van der Waals surface area (Å²) >= 11 is 3.31. The molecule has 1 fully saturated rings. The first-order valence-electron chi connectivity index (χ1n) is 5.65. The van der Waals surface area contributed by atoms with Crippen molar-refractivity contribution in [3.8, 4) is 5.75 Å². The molecule has 0 saturated heterocycles. The van der Waals surface area contributed by atoms with E-state index < -0.39 is 0 Å². The molecule has 1 aliphatic rings. The Hall–Kier alpha value is -0.830. The highest BCUT2D eigenvalue weighted by molar-refractivity contribution is 9.09. The molecule has 0 bridgehead atoms. The third-order valence-electron chi connectivity index (χ3n) is 2.90. The molecule has 0 aromatic heterocycles. The third kappa shape index (κ3) is 2.85. The Bertz CT molecular complexity index is 359. The summed E-state index contributed by atoms with van der Waals surface area (Å²) in [6.45, 7) is 0. The second-order valence-corrected chi connectivity index (χ2v) is 5.12. The monoisotopic (exact) mass is 282 g/mol. The molecule has 1 aromatic carbocycles. The van der Waals surface area contributed by atoms with Gasteiger partial charge in [-0.15, -0.1) is 0 Å². The van der Waals surface area contributed by atoms with Gasteiger partial charge >= 0.3 is 0 Å². The molecule has 1 saturated carbocycles. The van der Waals surface area contributed by atoms with Crippen LogP contribution < -0.4 is 4.74 Å². The molecule has 16 heavy (non-hydrogen) atoms. The van der Waals surface area contributed by atoms with Crippen molar-refractivity contribution in [1.29, 1.82) is 0 Å². The quantitative estimate of drug-likeness (QED) is 0.623. The molecule has 0 amide bonds. The summed E-state index contributed by atoms with van der Waals surface area (Å²) in [7, 11) is 0. The van der Waals surface area contributed by atoms with Crippen LogP contribution in [0.1, 0.15) is 36.1 Å². The minimum absolute atomic E-state index is 0.236. The lowest BCUT2D eigenvalue weighted by Gasteiger charge is -2.14. The largest absolute Gasteiger partial charge is 0.490 e. The van der Waals surface area contributed by atoms with Gasteiger partial charge in [-0.1, -0.05) is 28.1 Å². The first kappa shape index (κ1) is 11.6. The Balaban J connectivity index is 2.06. The molecule has 1 atom stereocenters. The highest BCUT2D eigenvalue weighted by Crippen LogP contribution is 2.27. The van der Waals surface area contributed by atoms with Gasteiger partial charge in [0.1, 0.15) is 12.0 Å². The molecule has 0 N–H and O–H groups in total. The summed E-state index contributed by atoms with van der Waals surface area (Å²) in [6.07, 6.45) is 6.07. The van der Waals surface area contributed by atoms with Crippen LogP contribution in [0.4, 0.5) is 0 Å². The standard InChI is InChI=1S/C13H15BrO2/c14-13(9-15)10-4-3-7-12(8-10)16-11-5-1-2-6-11/h3-4,7-9,11,13H,1-2,5-6H2. The maximum absolute atomic E-state index is 10.7. The van der Waals surface area contributed by atoms with E-state index in [4.69, 9.17) is 4.74 Å². The second-order valence-electron chi connectivity index (χ2n) is 4.13. The van der Waals surface area contributed by atoms with Crippen LogP contribution in [-0.4, -0.2) is 12.4 Å². The zero-order chi connectivity index (χ0) is 11.4. The van der Waals surface area contributed by atoms with Crippen molar-refractivity contribution in [3.63, 3.8) is 0 Å². The highest BCUT2D eigenvalue weighted by Gasteiger charge is 2.16. The minimum Gasteiger partial charge on any atom is -0.490 e. The number of rotatable bonds is 4. The number of halogens is 1. The van der Waals surface area contributed by atoms with Crippen molar-refractivity contribution in [2.75, 3.05) is 0 Å². The highest BCUT2D eigenvalue weighted by atomic mass is 79.9. The van der Waals surface area contributed by atoms with E-state index in [0.29, 0.717) is 6.10 Å². The number of benzene rings is 1. The first-order chi connectivity index (χ1) is 7.79. The number of carbonyl (C=O) groups excluding carboxylic acids is 1. The van der Waals surface area contributed by atoms with Gasteiger partial charge in [-0.05, 0) is 43.4 Å². The molecule has 2 rings (SSSR count). The van der Waals surface area contributed by atoms with Crippen molar-refractivity contribution in [2.24, 2.45) is 0 Å². The smallest absolute Gasteiger partial charge is 0.138 e. The predicted molar refractivity (Wildman–Crippen MR) is 67.1 cm³/mol. The summed E-state index contributed by atoms with van der Waals surface area (Å²) < 4.78 is 5.87. The molecule has 0 aliphatic heterocycles. The molecule has 86 valence electrons. The minimum atomic E-state index is -0.236. The number of carbonyl (C=O) groups is 1. The molecule has 1 unspecified atom stereocenters. The molecular formula is C13H15BrO2. The molecule has 0 spiro atoms. The molecular weight excluding hydrogens is 268 g/mol. The van der Waals surface area contributed by atoms with E-state index in [1.165, 1.54) is 12.8 Å². The van der Waals surface area contributed by atoms with Crippen LogP contribution in [-0.2, 0) is 4.79 Å². The summed E-state index contributed by atoms with van der Waals surface area (Å²) in [6, 6.07) is 7.74. The molecule has 1 aliphatic carbocycles. The van der Waals surface area contributed by atoms with Gasteiger partial charge in [0.15, 0.2) is 0 Å². The van der Waals surface area contributed by atoms with Crippen LogP contribution in [0.25, 0.3) is 0 Å². The Labute approximate surface area is 104 Å². The summed E-state index contributed by atoms with van der Waals surface area (Å²) in [5.74, 6) is 0.871. The zero-order valence-corrected chi connectivity index (χ0v) is 10.7. The van der Waals surface area contributed by atoms with E-state index in [9.17, 15) is 4.79 Å². The summed E-state index contributed by atoms with van der Waals surface area (Å²) in [4.78, 5) is 10.4. The van der Waals surface area contributed by atoms with E-state index >= 15 is 0 Å². The molecule has 2 nitrogen and oxygen atoms in total. The number of hydrogen-bond acceptors (Lipinski definition) is 2. The zero-order valence-electron chi connectivity index (χ0n) is 9.06. The van der Waals surface area contributed by atoms with Gasteiger partial charge in [0.2, 0.25) is 0 Å². The Morgan fingerprint density at radius 1 is 1.38 bits per heavy atom. The Morgan fingerprint density at radius 2 is 2.12 bits per heavy atom. The third-order valence-corrected chi connectivity index (χ3v) is 3.65. The predicted octanol–water partition coefficient (Wildman–Crippen LogP) is 3.64. The van der Waals surface area contributed by atoms with Crippen LogP contribution in [0, 0.1) is 0 Å². The van der Waals surface area contributed by atoms with E-state index in [1.807, 2.05) is 24.3 Å². The van der Waals surface area contributed by atoms with Gasteiger partial charge in [-0.2, -0.15) is 0 Å². The Kier molecular flexibility index (Phi) is 3.99. The van der Waals surface area contributed by atoms with Crippen molar-refractivity contribution < 1.29 is 9.53 Å². The lowest BCUT2D eigenvalue weighted by Crippen LogP contribution is -2.10. The van der Waals surface area contributed by atoms with Crippen molar-refractivity contribution in [2.45, 2.75) is 36.6 Å². The van der Waals surface area contributed by atoms with E-state index in [-0.39, 0.29) is 4.83 Å². The van der Waals surface area contributed by atoms with Crippen LogP contribution in [0.3, 0.4) is 0 Å². The molecule has 0 radical (unpaired) electrons. The van der Waals surface area contributed by atoms with Crippen LogP contribution in [0.5, 0.6) is 5.75 Å². The number of aldehydes is 1. The van der Waals surface area contributed by atoms with E-state index in [1.54, 1.807) is 0 Å². The number of hydrogen-bond donors (Lipinski definition) is 0. The van der Waals surface area contributed by atoms with Crippen LogP contribution >= 0.6 is 15.9 Å². The van der Waals surface area contributed by atoms with E-state index in [2.05, 4.69) is 15.9 Å². The fourth-order valence-corrected chi connectivity index (χ4v) is 2.32. The fourth-order valence-electron chi connectivity index (χ4n) is 2.04. The lowest BCUT2D eigenvalue weighted by atomic mass is 10.1. The maximum Gasteiger partial charge on any atom is 0.138 e. The van der Waals surface area contributed by atoms with E-state index in [0.717, 1.165) is 30.4 Å². The molecule has 0 heterocycles. The van der Waals surface area contributed by atoms with Gasteiger partial charge in [0.25, 0.3) is 0 Å². The molecule has 3 heteroatoms. The van der Waals surface area contributed by atoms with Gasteiger partial charge < -0.3 is 9.53 Å². The average molecular weight is 283 g/mol. The fraction of sp³-hybridized carbons (Fsp3) is 0.462. The number of ether oxygens (including phenoxy) is 1. The van der Waals surface area contributed by atoms with Crippen molar-refractivity contribution in [3.05, 3.63) is 29.8 Å². The maximum atomic E-state index is 10.7. The van der Waals surface area contributed by atoms with Crippen molar-refractivity contribution >= 4 is 22.2 Å². The second kappa shape index (κ2) is 5.48. The van der Waals surface area contributed by atoms with Crippen molar-refractivity contribution in [1.82, 2.24) is 0 Å². The van der Waals surface area contributed by atoms with Gasteiger partial charge in [0.05, 0.1) is 10.9 Å². The lowest BCUT2D eigenvalue weighted by molar-refractivity contribution is -0.107. The Morgan fingerprint density at radius 3 is 2.81 bits per heavy atom. The summed E-state index contributed by atoms with van der Waals surface area (Å²) in [5, 5.41) is 0. The van der Waals surface area contributed by atoms with Gasteiger partial charge in [-0.3, -0.25) is 0 Å². The van der Waals surface area contributed by atoms with Gasteiger partial charge in [-0.25, -0.2) is 0 Å². The number of alkyl halides is 1. The SMILES string of the molecule is O=CC(Br)c1cccc(OC2CCCC2)c1. The topological polar surface area (TPSA) is 26.3 Å². The van der Waals surface area contributed by atoms with Crippen LogP contribution in [0.15, 0.2) is 24.3 Å². The summed E-state index contributed by atoms with van der Waals surface area (Å²) in [5.41, 5.74) is 0.950.